The van der Waals surface area contributed by atoms with E-state index in [0.29, 0.717) is 22.2 Å². The van der Waals surface area contributed by atoms with Crippen LogP contribution in [0.25, 0.3) is 16.5 Å². The predicted molar refractivity (Wildman–Crippen MR) is 112 cm³/mol. The van der Waals surface area contributed by atoms with E-state index in [9.17, 15) is 14.4 Å². The molecule has 0 N–H and O–H groups in total. The lowest BCUT2D eigenvalue weighted by molar-refractivity contribution is -0.158. The number of rotatable bonds is 5. The molecule has 1 aromatic heterocycles. The van der Waals surface area contributed by atoms with Crippen LogP contribution in [0, 0.1) is 0 Å². The third-order valence-corrected chi connectivity index (χ3v) is 4.24. The summed E-state index contributed by atoms with van der Waals surface area (Å²) in [6, 6.07) is 13.6. The Balaban J connectivity index is 1.99. The molecule has 7 nitrogen and oxygen atoms in total. The van der Waals surface area contributed by atoms with Gasteiger partial charge in [-0.05, 0) is 51.1 Å². The van der Waals surface area contributed by atoms with Crippen molar-refractivity contribution in [1.82, 2.24) is 4.57 Å². The first-order chi connectivity index (χ1) is 14.2. The van der Waals surface area contributed by atoms with Gasteiger partial charge in [0, 0.05) is 22.7 Å². The van der Waals surface area contributed by atoms with E-state index >= 15 is 0 Å². The average molecular weight is 409 g/mol. The molecular formula is C23H23NO6. The van der Waals surface area contributed by atoms with E-state index in [2.05, 4.69) is 0 Å². The zero-order valence-electron chi connectivity index (χ0n) is 17.3. The molecular weight excluding hydrogens is 386 g/mol. The molecule has 0 unspecified atom stereocenters. The number of aromatic nitrogens is 1. The molecule has 0 spiro atoms. The topological polar surface area (TPSA) is 83.8 Å². The molecule has 0 radical (unpaired) electrons. The lowest BCUT2D eigenvalue weighted by atomic mass is 10.1. The number of carbonyl (C=O) groups excluding carboxylic acids is 2. The third kappa shape index (κ3) is 4.68. The molecule has 1 heterocycles. The molecule has 0 atom stereocenters. The first kappa shape index (κ1) is 21.1. The van der Waals surface area contributed by atoms with E-state index in [1.54, 1.807) is 76.4 Å². The van der Waals surface area contributed by atoms with Gasteiger partial charge in [0.2, 0.25) is 0 Å². The van der Waals surface area contributed by atoms with Crippen molar-refractivity contribution in [3.63, 3.8) is 0 Å². The quantitative estimate of drug-likeness (QED) is 0.600. The lowest BCUT2D eigenvalue weighted by Crippen LogP contribution is -2.28. The van der Waals surface area contributed by atoms with Gasteiger partial charge in [-0.15, -0.1) is 0 Å². The third-order valence-electron chi connectivity index (χ3n) is 4.24. The van der Waals surface area contributed by atoms with Gasteiger partial charge in [-0.3, -0.25) is 9.36 Å². The molecule has 156 valence electrons. The Kier molecular flexibility index (Phi) is 5.91. The number of carbonyl (C=O) groups is 2. The summed E-state index contributed by atoms with van der Waals surface area (Å²) in [6.07, 6.45) is 1.42. The highest BCUT2D eigenvalue weighted by molar-refractivity contribution is 6.04. The minimum atomic E-state index is -0.723. The number of fused-ring (bicyclic) bond motifs is 1. The molecule has 3 rings (SSSR count). The molecule has 2 aromatic carbocycles. The van der Waals surface area contributed by atoms with Gasteiger partial charge in [-0.25, -0.2) is 9.59 Å². The number of nitrogens with zero attached hydrogens (tertiary/aromatic N) is 1. The Labute approximate surface area is 173 Å². The van der Waals surface area contributed by atoms with Gasteiger partial charge in [0.05, 0.1) is 12.7 Å². The maximum absolute atomic E-state index is 13.0. The molecule has 0 saturated heterocycles. The second-order valence-corrected chi connectivity index (χ2v) is 7.62. The van der Waals surface area contributed by atoms with E-state index in [-0.39, 0.29) is 11.1 Å². The number of ether oxygens (including phenoxy) is 3. The van der Waals surface area contributed by atoms with Gasteiger partial charge in [-0.1, -0.05) is 18.2 Å². The summed E-state index contributed by atoms with van der Waals surface area (Å²) in [4.78, 5) is 37.6. The van der Waals surface area contributed by atoms with E-state index in [0.717, 1.165) is 0 Å². The van der Waals surface area contributed by atoms with Gasteiger partial charge < -0.3 is 14.2 Å². The van der Waals surface area contributed by atoms with Crippen molar-refractivity contribution < 1.29 is 23.8 Å². The molecule has 0 aliphatic rings. The van der Waals surface area contributed by atoms with Crippen LogP contribution >= 0.6 is 0 Å². The van der Waals surface area contributed by atoms with Crippen molar-refractivity contribution in [2.45, 2.75) is 26.4 Å². The van der Waals surface area contributed by atoms with Crippen molar-refractivity contribution >= 4 is 22.7 Å². The Morgan fingerprint density at radius 1 is 0.967 bits per heavy atom. The maximum atomic E-state index is 13.0. The van der Waals surface area contributed by atoms with Crippen LogP contribution < -0.4 is 10.3 Å². The molecule has 0 fully saturated rings. The normalized spacial score (nSPS) is 11.2. The fourth-order valence-electron chi connectivity index (χ4n) is 2.96. The van der Waals surface area contributed by atoms with Crippen LogP contribution in [0.2, 0.25) is 0 Å². The lowest BCUT2D eigenvalue weighted by Gasteiger charge is -2.19. The number of benzene rings is 2. The highest BCUT2D eigenvalue weighted by Gasteiger charge is 2.20. The summed E-state index contributed by atoms with van der Waals surface area (Å²) in [5.41, 5.74) is -0.227. The van der Waals surface area contributed by atoms with Crippen molar-refractivity contribution in [2.24, 2.45) is 0 Å². The zero-order chi connectivity index (χ0) is 21.9. The van der Waals surface area contributed by atoms with Crippen LogP contribution in [0.15, 0.2) is 59.5 Å². The highest BCUT2D eigenvalue weighted by atomic mass is 16.6. The van der Waals surface area contributed by atoms with Gasteiger partial charge >= 0.3 is 11.9 Å². The first-order valence-corrected chi connectivity index (χ1v) is 9.37. The van der Waals surface area contributed by atoms with Crippen LogP contribution in [0.3, 0.4) is 0 Å². The minimum Gasteiger partial charge on any atom is -0.497 e. The van der Waals surface area contributed by atoms with Crippen LogP contribution in [-0.4, -0.2) is 35.8 Å². The van der Waals surface area contributed by atoms with Crippen molar-refractivity contribution in [3.8, 4) is 11.4 Å². The SMILES string of the molecule is COc1ccc(-n2cc(C(=O)OCC(=O)OC(C)(C)C)c3ccccc3c2=O)cc1. The highest BCUT2D eigenvalue weighted by Crippen LogP contribution is 2.20. The van der Waals surface area contributed by atoms with Gasteiger partial charge in [0.1, 0.15) is 11.4 Å². The number of esters is 2. The maximum Gasteiger partial charge on any atom is 0.344 e. The summed E-state index contributed by atoms with van der Waals surface area (Å²) in [7, 11) is 1.55. The summed E-state index contributed by atoms with van der Waals surface area (Å²) in [5, 5.41) is 0.807. The number of hydrogen-bond donors (Lipinski definition) is 0. The van der Waals surface area contributed by atoms with E-state index in [4.69, 9.17) is 14.2 Å². The van der Waals surface area contributed by atoms with Crippen LogP contribution in [0.4, 0.5) is 0 Å². The number of methoxy groups -OCH3 is 1. The smallest absolute Gasteiger partial charge is 0.344 e. The zero-order valence-corrected chi connectivity index (χ0v) is 17.3. The van der Waals surface area contributed by atoms with Crippen LogP contribution in [-0.2, 0) is 14.3 Å². The second-order valence-electron chi connectivity index (χ2n) is 7.62. The molecule has 0 saturated carbocycles. The Hall–Kier alpha value is -3.61. The number of pyridine rings is 1. The first-order valence-electron chi connectivity index (χ1n) is 9.37. The number of hydrogen-bond acceptors (Lipinski definition) is 6. The van der Waals surface area contributed by atoms with E-state index in [1.807, 2.05) is 0 Å². The molecule has 0 bridgehead atoms. The van der Waals surface area contributed by atoms with Crippen molar-refractivity contribution in [3.05, 3.63) is 70.6 Å². The van der Waals surface area contributed by atoms with E-state index < -0.39 is 24.1 Å². The molecule has 0 aliphatic carbocycles. The minimum absolute atomic E-state index is 0.171. The van der Waals surface area contributed by atoms with Gasteiger partial charge in [0.25, 0.3) is 5.56 Å². The van der Waals surface area contributed by atoms with Crippen LogP contribution in [0.5, 0.6) is 5.75 Å². The second kappa shape index (κ2) is 8.41. The summed E-state index contributed by atoms with van der Waals surface area (Å²) >= 11 is 0. The average Bonchev–Trinajstić information content (AvgIpc) is 2.71. The molecule has 0 amide bonds. The Morgan fingerprint density at radius 3 is 2.20 bits per heavy atom. The van der Waals surface area contributed by atoms with Crippen LogP contribution in [0.1, 0.15) is 31.1 Å². The monoisotopic (exact) mass is 409 g/mol. The van der Waals surface area contributed by atoms with Crippen molar-refractivity contribution in [2.75, 3.05) is 13.7 Å². The van der Waals surface area contributed by atoms with Gasteiger partial charge in [-0.2, -0.15) is 0 Å². The summed E-state index contributed by atoms with van der Waals surface area (Å²) in [5.74, 6) is -0.729. The van der Waals surface area contributed by atoms with Gasteiger partial charge in [0.15, 0.2) is 6.61 Å². The predicted octanol–water partition coefficient (Wildman–Crippen LogP) is 3.50. The molecule has 30 heavy (non-hydrogen) atoms. The fraction of sp³-hybridized carbons (Fsp3) is 0.261. The summed E-state index contributed by atoms with van der Waals surface area (Å²) < 4.78 is 16.8. The molecule has 7 heteroatoms. The van der Waals surface area contributed by atoms with E-state index in [1.165, 1.54) is 10.8 Å². The summed E-state index contributed by atoms with van der Waals surface area (Å²) in [6.45, 7) is 4.66. The largest absolute Gasteiger partial charge is 0.497 e. The molecule has 0 aliphatic heterocycles. The Morgan fingerprint density at radius 2 is 1.60 bits per heavy atom. The molecule has 3 aromatic rings. The fourth-order valence-corrected chi connectivity index (χ4v) is 2.96. The van der Waals surface area contributed by atoms with Crippen molar-refractivity contribution in [1.29, 1.82) is 0 Å². The standard InChI is InChI=1S/C23H23NO6/c1-23(2,3)30-20(25)14-29-22(27)19-13-24(15-9-11-16(28-4)12-10-15)21(26)18-8-6-5-7-17(18)19/h5-13H,14H2,1-4H3. The Bertz CT molecular complexity index is 1140.